The number of aldehydes is 1. The molecule has 0 amide bonds. The van der Waals surface area contributed by atoms with E-state index < -0.39 is 23.0 Å². The molecule has 0 saturated heterocycles. The number of carbonyl (C=O) groups is 2. The van der Waals surface area contributed by atoms with E-state index in [0.29, 0.717) is 0 Å². The minimum Gasteiger partial charge on any atom is -0.506 e. The van der Waals surface area contributed by atoms with Crippen molar-refractivity contribution < 1.29 is 24.5 Å². The quantitative estimate of drug-likeness (QED) is 0.640. The van der Waals surface area contributed by atoms with Crippen molar-refractivity contribution in [2.75, 3.05) is 6.61 Å². The van der Waals surface area contributed by atoms with Gasteiger partial charge in [0, 0.05) is 0 Å². The zero-order valence-electron chi connectivity index (χ0n) is 9.28. The van der Waals surface area contributed by atoms with E-state index in [1.165, 1.54) is 6.92 Å². The van der Waals surface area contributed by atoms with Gasteiger partial charge < -0.3 is 14.9 Å². The van der Waals surface area contributed by atoms with Crippen LogP contribution in [0.15, 0.2) is 0 Å². The van der Waals surface area contributed by atoms with Gasteiger partial charge in [0.2, 0.25) is 0 Å². The minimum atomic E-state index is -0.799. The summed E-state index contributed by atoms with van der Waals surface area (Å²) in [5.74, 6) is -1.98. The van der Waals surface area contributed by atoms with Gasteiger partial charge in [-0.1, -0.05) is 11.6 Å². The summed E-state index contributed by atoms with van der Waals surface area (Å²) in [4.78, 5) is 22.3. The Hall–Kier alpha value is -1.75. The van der Waals surface area contributed by atoms with Crippen molar-refractivity contribution in [2.45, 2.75) is 13.8 Å². The van der Waals surface area contributed by atoms with E-state index in [1.807, 2.05) is 0 Å². The zero-order valence-corrected chi connectivity index (χ0v) is 10.0. The number of hydrogen-bond donors (Lipinski definition) is 2. The Kier molecular flexibility index (Phi) is 3.96. The van der Waals surface area contributed by atoms with E-state index >= 15 is 0 Å². The Balaban J connectivity index is 3.55. The minimum absolute atomic E-state index is 0.118. The molecule has 0 saturated carbocycles. The number of carbonyl (C=O) groups excluding carboxylic acids is 2. The summed E-state index contributed by atoms with van der Waals surface area (Å²) in [5, 5.41) is 19.1. The number of benzene rings is 1. The van der Waals surface area contributed by atoms with Gasteiger partial charge in [-0.15, -0.1) is 0 Å². The molecule has 6 heteroatoms. The number of hydrogen-bond acceptors (Lipinski definition) is 5. The molecule has 0 heterocycles. The van der Waals surface area contributed by atoms with Crippen molar-refractivity contribution in [3.05, 3.63) is 21.7 Å². The second-order valence-corrected chi connectivity index (χ2v) is 3.64. The number of phenols is 2. The molecule has 2 N–H and O–H groups in total. The number of aromatic hydroxyl groups is 2. The third-order valence-electron chi connectivity index (χ3n) is 2.26. The lowest BCUT2D eigenvalue weighted by molar-refractivity contribution is 0.0522. The summed E-state index contributed by atoms with van der Waals surface area (Å²) in [7, 11) is 0. The maximum atomic E-state index is 11.6. The molecular weight excluding hydrogens is 248 g/mol. The van der Waals surface area contributed by atoms with Crippen LogP contribution in [0.5, 0.6) is 11.5 Å². The van der Waals surface area contributed by atoms with Crippen LogP contribution in [0.4, 0.5) is 0 Å². The monoisotopic (exact) mass is 258 g/mol. The summed E-state index contributed by atoms with van der Waals surface area (Å²) in [6, 6.07) is 0. The lowest BCUT2D eigenvalue weighted by Gasteiger charge is -2.12. The Bertz CT molecular complexity index is 481. The largest absolute Gasteiger partial charge is 0.506 e. The van der Waals surface area contributed by atoms with Crippen molar-refractivity contribution in [3.63, 3.8) is 0 Å². The Morgan fingerprint density at radius 2 is 2.00 bits per heavy atom. The number of rotatable bonds is 3. The zero-order chi connectivity index (χ0) is 13.2. The number of ether oxygens (including phenoxy) is 1. The van der Waals surface area contributed by atoms with Crippen molar-refractivity contribution in [3.8, 4) is 11.5 Å². The maximum Gasteiger partial charge on any atom is 0.342 e. The van der Waals surface area contributed by atoms with Crippen molar-refractivity contribution in [1.29, 1.82) is 0 Å². The molecule has 5 nitrogen and oxygen atoms in total. The summed E-state index contributed by atoms with van der Waals surface area (Å²) < 4.78 is 4.73. The summed E-state index contributed by atoms with van der Waals surface area (Å²) >= 11 is 5.76. The normalized spacial score (nSPS) is 10.1. The molecule has 0 bridgehead atoms. The third-order valence-corrected chi connectivity index (χ3v) is 2.72. The number of phenolic OH excluding ortho intramolecular Hbond substituents is 2. The molecule has 0 atom stereocenters. The Morgan fingerprint density at radius 1 is 1.41 bits per heavy atom. The molecule has 0 unspecified atom stereocenters. The fourth-order valence-electron chi connectivity index (χ4n) is 1.39. The molecule has 0 aliphatic carbocycles. The Morgan fingerprint density at radius 3 is 2.47 bits per heavy atom. The standard InChI is InChI=1S/C11H11ClO5/c1-3-17-11(16)7-5(2)8(12)10(15)6(4-13)9(7)14/h4,14-15H,3H2,1-2H3. The molecule has 0 spiro atoms. The number of halogens is 1. The molecule has 0 aliphatic rings. The first-order chi connectivity index (χ1) is 7.95. The van der Waals surface area contributed by atoms with Gasteiger partial charge in [-0.2, -0.15) is 0 Å². The first kappa shape index (κ1) is 13.3. The predicted molar refractivity (Wildman–Crippen MR) is 60.9 cm³/mol. The first-order valence-corrected chi connectivity index (χ1v) is 5.19. The van der Waals surface area contributed by atoms with Gasteiger partial charge >= 0.3 is 5.97 Å². The second-order valence-electron chi connectivity index (χ2n) is 3.26. The van der Waals surface area contributed by atoms with Gasteiger partial charge in [-0.3, -0.25) is 4.79 Å². The number of esters is 1. The van der Waals surface area contributed by atoms with Gasteiger partial charge in [-0.25, -0.2) is 4.79 Å². The molecule has 1 aromatic rings. The maximum absolute atomic E-state index is 11.6. The summed E-state index contributed by atoms with van der Waals surface area (Å²) in [6.45, 7) is 3.15. The average Bonchev–Trinajstić information content (AvgIpc) is 2.27. The van der Waals surface area contributed by atoms with E-state index in [1.54, 1.807) is 6.92 Å². The van der Waals surface area contributed by atoms with Crippen LogP contribution in [-0.2, 0) is 4.74 Å². The predicted octanol–water partition coefficient (Wildman–Crippen LogP) is 2.05. The van der Waals surface area contributed by atoms with Gasteiger partial charge in [0.25, 0.3) is 0 Å². The highest BCUT2D eigenvalue weighted by atomic mass is 35.5. The smallest absolute Gasteiger partial charge is 0.342 e. The van der Waals surface area contributed by atoms with Crippen LogP contribution in [0.2, 0.25) is 5.02 Å². The van der Waals surface area contributed by atoms with Crippen LogP contribution in [0.1, 0.15) is 33.2 Å². The molecule has 1 rings (SSSR count). The van der Waals surface area contributed by atoms with Crippen molar-refractivity contribution in [2.24, 2.45) is 0 Å². The molecule has 1 aromatic carbocycles. The first-order valence-electron chi connectivity index (χ1n) is 4.81. The highest BCUT2D eigenvalue weighted by molar-refractivity contribution is 6.34. The van der Waals surface area contributed by atoms with E-state index in [4.69, 9.17) is 16.3 Å². The fraction of sp³-hybridized carbons (Fsp3) is 0.273. The molecule has 17 heavy (non-hydrogen) atoms. The summed E-state index contributed by atoms with van der Waals surface area (Å²) in [6.07, 6.45) is 0.221. The van der Waals surface area contributed by atoms with Crippen LogP contribution in [0, 0.1) is 6.92 Å². The molecule has 0 aromatic heterocycles. The van der Waals surface area contributed by atoms with Crippen LogP contribution < -0.4 is 0 Å². The lowest BCUT2D eigenvalue weighted by Crippen LogP contribution is -2.09. The molecule has 0 aliphatic heterocycles. The second kappa shape index (κ2) is 5.05. The van der Waals surface area contributed by atoms with Crippen LogP contribution in [0.25, 0.3) is 0 Å². The Labute approximate surface area is 103 Å². The molecule has 0 radical (unpaired) electrons. The van der Waals surface area contributed by atoms with Gasteiger partial charge in [0.05, 0.1) is 11.6 Å². The van der Waals surface area contributed by atoms with E-state index in [9.17, 15) is 19.8 Å². The van der Waals surface area contributed by atoms with E-state index in [2.05, 4.69) is 0 Å². The molecule has 92 valence electrons. The molecular formula is C11H11ClO5. The third kappa shape index (κ3) is 2.19. The van der Waals surface area contributed by atoms with Gasteiger partial charge in [-0.05, 0) is 19.4 Å². The molecule has 0 fully saturated rings. The van der Waals surface area contributed by atoms with E-state index in [-0.39, 0.29) is 29.0 Å². The van der Waals surface area contributed by atoms with E-state index in [0.717, 1.165) is 0 Å². The van der Waals surface area contributed by atoms with Crippen molar-refractivity contribution >= 4 is 23.9 Å². The van der Waals surface area contributed by atoms with Crippen LogP contribution >= 0.6 is 11.6 Å². The highest BCUT2D eigenvalue weighted by Gasteiger charge is 2.25. The highest BCUT2D eigenvalue weighted by Crippen LogP contribution is 2.39. The lowest BCUT2D eigenvalue weighted by atomic mass is 10.0. The van der Waals surface area contributed by atoms with Gasteiger partial charge in [0.15, 0.2) is 6.29 Å². The van der Waals surface area contributed by atoms with Gasteiger partial charge in [0.1, 0.15) is 22.6 Å². The van der Waals surface area contributed by atoms with Crippen molar-refractivity contribution in [1.82, 2.24) is 0 Å². The van der Waals surface area contributed by atoms with Crippen LogP contribution in [0.3, 0.4) is 0 Å². The average molecular weight is 259 g/mol. The van der Waals surface area contributed by atoms with Crippen LogP contribution in [-0.4, -0.2) is 29.1 Å². The fourth-order valence-corrected chi connectivity index (χ4v) is 1.59. The SMILES string of the molecule is CCOC(=O)c1c(C)c(Cl)c(O)c(C=O)c1O. The topological polar surface area (TPSA) is 83.8 Å². The summed E-state index contributed by atoms with van der Waals surface area (Å²) in [5.41, 5.74) is -0.480.